The molecule has 0 saturated carbocycles. The number of ether oxygens (including phenoxy) is 2. The number of anilines is 1. The quantitative estimate of drug-likeness (QED) is 0.812. The van der Waals surface area contributed by atoms with Crippen LogP contribution in [-0.2, 0) is 0 Å². The van der Waals surface area contributed by atoms with E-state index in [0.29, 0.717) is 28.3 Å². The summed E-state index contributed by atoms with van der Waals surface area (Å²) in [4.78, 5) is 29.4. The number of piperazine rings is 1. The van der Waals surface area contributed by atoms with Gasteiger partial charge in [0.2, 0.25) is 0 Å². The fourth-order valence-corrected chi connectivity index (χ4v) is 3.33. The van der Waals surface area contributed by atoms with E-state index in [9.17, 15) is 9.59 Å². The van der Waals surface area contributed by atoms with E-state index in [-0.39, 0.29) is 11.8 Å². The molecule has 154 valence electrons. The fraction of sp³-hybridized carbons (Fsp3) is 0.364. The Balaban J connectivity index is 1.64. The third kappa shape index (κ3) is 4.86. The van der Waals surface area contributed by atoms with Gasteiger partial charge in [0, 0.05) is 49.1 Å². The Morgan fingerprint density at radius 3 is 2.10 bits per heavy atom. The first kappa shape index (κ1) is 20.7. The number of carbonyl (C=O) groups excluding carboxylic acids is 2. The van der Waals surface area contributed by atoms with E-state index < -0.39 is 0 Å². The van der Waals surface area contributed by atoms with Crippen LogP contribution in [0.4, 0.5) is 5.69 Å². The van der Waals surface area contributed by atoms with E-state index in [2.05, 4.69) is 17.1 Å². The molecule has 7 nitrogen and oxygen atoms in total. The third-order valence-electron chi connectivity index (χ3n) is 5.14. The lowest BCUT2D eigenvalue weighted by molar-refractivity contribution is 0.0643. The number of methoxy groups -OCH3 is 2. The highest BCUT2D eigenvalue weighted by Gasteiger charge is 2.21. The summed E-state index contributed by atoms with van der Waals surface area (Å²) in [5.74, 6) is 0.878. The first-order valence-electron chi connectivity index (χ1n) is 9.70. The highest BCUT2D eigenvalue weighted by atomic mass is 16.5. The summed E-state index contributed by atoms with van der Waals surface area (Å²) in [5.41, 5.74) is 1.67. The summed E-state index contributed by atoms with van der Waals surface area (Å²) in [6.45, 7) is 6.39. The lowest BCUT2D eigenvalue weighted by atomic mass is 10.1. The zero-order valence-electron chi connectivity index (χ0n) is 17.1. The van der Waals surface area contributed by atoms with Crippen molar-refractivity contribution in [3.05, 3.63) is 53.6 Å². The first-order valence-corrected chi connectivity index (χ1v) is 9.70. The zero-order valence-corrected chi connectivity index (χ0v) is 17.1. The van der Waals surface area contributed by atoms with E-state index in [1.807, 2.05) is 4.90 Å². The van der Waals surface area contributed by atoms with Gasteiger partial charge in [0.15, 0.2) is 11.5 Å². The number of carbonyl (C=O) groups is 2. The van der Waals surface area contributed by atoms with Crippen LogP contribution in [0.3, 0.4) is 0 Å². The second kappa shape index (κ2) is 9.43. The lowest BCUT2D eigenvalue weighted by Crippen LogP contribution is -2.48. The summed E-state index contributed by atoms with van der Waals surface area (Å²) < 4.78 is 10.5. The number of amides is 2. The summed E-state index contributed by atoms with van der Waals surface area (Å²) in [5, 5.41) is 2.83. The Morgan fingerprint density at radius 2 is 1.52 bits per heavy atom. The second-order valence-electron chi connectivity index (χ2n) is 6.83. The topological polar surface area (TPSA) is 71.1 Å². The third-order valence-corrected chi connectivity index (χ3v) is 5.14. The molecule has 2 aromatic rings. The maximum Gasteiger partial charge on any atom is 0.255 e. The van der Waals surface area contributed by atoms with Crippen LogP contribution in [0, 0.1) is 0 Å². The molecule has 1 aliphatic rings. The van der Waals surface area contributed by atoms with E-state index in [4.69, 9.17) is 9.47 Å². The molecule has 2 amide bonds. The molecule has 0 aromatic heterocycles. The molecule has 1 saturated heterocycles. The molecule has 1 heterocycles. The first-order chi connectivity index (χ1) is 14.0. The zero-order chi connectivity index (χ0) is 20.8. The van der Waals surface area contributed by atoms with Crippen LogP contribution >= 0.6 is 0 Å². The molecular weight excluding hydrogens is 370 g/mol. The van der Waals surface area contributed by atoms with Crippen molar-refractivity contribution in [3.63, 3.8) is 0 Å². The molecule has 0 atom stereocenters. The maximum absolute atomic E-state index is 12.7. The van der Waals surface area contributed by atoms with E-state index in [0.717, 1.165) is 32.7 Å². The van der Waals surface area contributed by atoms with Gasteiger partial charge in [-0.05, 0) is 42.9 Å². The van der Waals surface area contributed by atoms with Crippen molar-refractivity contribution in [2.45, 2.75) is 6.92 Å². The molecule has 0 spiro atoms. The smallest absolute Gasteiger partial charge is 0.255 e. The number of rotatable bonds is 6. The van der Waals surface area contributed by atoms with E-state index in [1.54, 1.807) is 56.7 Å². The van der Waals surface area contributed by atoms with Crippen molar-refractivity contribution in [1.29, 1.82) is 0 Å². The van der Waals surface area contributed by atoms with Crippen molar-refractivity contribution >= 4 is 17.5 Å². The molecule has 29 heavy (non-hydrogen) atoms. The van der Waals surface area contributed by atoms with Crippen molar-refractivity contribution in [1.82, 2.24) is 9.80 Å². The van der Waals surface area contributed by atoms with Gasteiger partial charge in [-0.25, -0.2) is 0 Å². The van der Waals surface area contributed by atoms with E-state index in [1.165, 1.54) is 0 Å². The summed E-state index contributed by atoms with van der Waals surface area (Å²) in [6, 6.07) is 11.9. The summed E-state index contributed by atoms with van der Waals surface area (Å²) in [6.07, 6.45) is 0. The Labute approximate surface area is 171 Å². The molecule has 1 N–H and O–H groups in total. The number of nitrogens with zero attached hydrogens (tertiary/aromatic N) is 2. The molecule has 0 aliphatic carbocycles. The predicted molar refractivity (Wildman–Crippen MR) is 112 cm³/mol. The highest BCUT2D eigenvalue weighted by Crippen LogP contribution is 2.29. The van der Waals surface area contributed by atoms with Crippen LogP contribution in [0.5, 0.6) is 11.5 Å². The van der Waals surface area contributed by atoms with Gasteiger partial charge >= 0.3 is 0 Å². The molecular formula is C22H27N3O4. The standard InChI is InChI=1S/C22H27N3O4/c1-4-24-11-13-25(14-12-24)22(27)17-7-5-16(6-8-17)21(26)23-18-9-10-19(28-2)20(15-18)29-3/h5-10,15H,4,11-14H2,1-3H3,(H,23,26). The van der Waals surface area contributed by atoms with Gasteiger partial charge in [0.1, 0.15) is 0 Å². The number of hydrogen-bond acceptors (Lipinski definition) is 5. The molecule has 7 heteroatoms. The largest absolute Gasteiger partial charge is 0.493 e. The van der Waals surface area contributed by atoms with Crippen molar-refractivity contribution in [3.8, 4) is 11.5 Å². The molecule has 0 bridgehead atoms. The molecule has 0 radical (unpaired) electrons. The van der Waals surface area contributed by atoms with Crippen LogP contribution in [0.2, 0.25) is 0 Å². The Hall–Kier alpha value is -3.06. The lowest BCUT2D eigenvalue weighted by Gasteiger charge is -2.34. The number of hydrogen-bond donors (Lipinski definition) is 1. The SMILES string of the molecule is CCN1CCN(C(=O)c2ccc(C(=O)Nc3ccc(OC)c(OC)c3)cc2)CC1. The average molecular weight is 397 g/mol. The van der Waals surface area contributed by atoms with E-state index >= 15 is 0 Å². The molecule has 1 aliphatic heterocycles. The minimum absolute atomic E-state index is 0.00704. The minimum atomic E-state index is -0.257. The predicted octanol–water partition coefficient (Wildman–Crippen LogP) is 2.73. The molecule has 2 aromatic carbocycles. The normalized spacial score (nSPS) is 14.4. The summed E-state index contributed by atoms with van der Waals surface area (Å²) in [7, 11) is 3.10. The molecule has 1 fully saturated rings. The van der Waals surface area contributed by atoms with Crippen molar-refractivity contribution < 1.29 is 19.1 Å². The average Bonchev–Trinajstić information content (AvgIpc) is 2.78. The number of likely N-dealkylation sites (N-methyl/N-ethyl adjacent to an activating group) is 1. The van der Waals surface area contributed by atoms with Crippen LogP contribution in [0.15, 0.2) is 42.5 Å². The van der Waals surface area contributed by atoms with Gasteiger partial charge in [-0.1, -0.05) is 6.92 Å². The minimum Gasteiger partial charge on any atom is -0.493 e. The van der Waals surface area contributed by atoms with Crippen LogP contribution in [0.1, 0.15) is 27.6 Å². The second-order valence-corrected chi connectivity index (χ2v) is 6.83. The highest BCUT2D eigenvalue weighted by molar-refractivity contribution is 6.05. The van der Waals surface area contributed by atoms with Gasteiger partial charge in [0.25, 0.3) is 11.8 Å². The van der Waals surface area contributed by atoms with Gasteiger partial charge < -0.3 is 24.6 Å². The van der Waals surface area contributed by atoms with Crippen molar-refractivity contribution in [2.75, 3.05) is 52.3 Å². The molecule has 3 rings (SSSR count). The van der Waals surface area contributed by atoms with Gasteiger partial charge in [-0.3, -0.25) is 9.59 Å². The number of nitrogens with one attached hydrogen (secondary N) is 1. The van der Waals surface area contributed by atoms with Gasteiger partial charge in [-0.15, -0.1) is 0 Å². The molecule has 0 unspecified atom stereocenters. The van der Waals surface area contributed by atoms with Crippen molar-refractivity contribution in [2.24, 2.45) is 0 Å². The summed E-state index contributed by atoms with van der Waals surface area (Å²) >= 11 is 0. The van der Waals surface area contributed by atoms with Crippen LogP contribution < -0.4 is 14.8 Å². The van der Waals surface area contributed by atoms with Crippen LogP contribution in [0.25, 0.3) is 0 Å². The fourth-order valence-electron chi connectivity index (χ4n) is 3.33. The Bertz CT molecular complexity index is 859. The Kier molecular flexibility index (Phi) is 6.72. The van der Waals surface area contributed by atoms with Gasteiger partial charge in [-0.2, -0.15) is 0 Å². The van der Waals surface area contributed by atoms with Gasteiger partial charge in [0.05, 0.1) is 14.2 Å². The monoisotopic (exact) mass is 397 g/mol. The van der Waals surface area contributed by atoms with Crippen LogP contribution in [-0.4, -0.2) is 68.6 Å². The maximum atomic E-state index is 12.7. The number of benzene rings is 2. The Morgan fingerprint density at radius 1 is 0.897 bits per heavy atom.